The molecular weight excluding hydrogens is 212 g/mol. The molecule has 0 radical (unpaired) electrons. The van der Waals surface area contributed by atoms with Crippen molar-refractivity contribution in [3.63, 3.8) is 0 Å². The Balaban J connectivity index is 2.07. The topological polar surface area (TPSA) is 41.1 Å². The van der Waals surface area contributed by atoms with Crippen molar-refractivity contribution in [1.82, 2.24) is 10.9 Å². The zero-order chi connectivity index (χ0) is 11.4. The molecule has 0 amide bonds. The zero-order valence-electron chi connectivity index (χ0n) is 9.03. The third-order valence-corrected chi connectivity index (χ3v) is 3.50. The molecule has 1 heterocycles. The Morgan fingerprint density at radius 3 is 2.76 bits per heavy atom. The van der Waals surface area contributed by atoms with Crippen LogP contribution in [0.25, 0.3) is 5.70 Å². The molecule has 17 heavy (non-hydrogen) atoms. The fourth-order valence-corrected chi connectivity index (χ4v) is 2.73. The first-order chi connectivity index (χ1) is 8.36. The third kappa shape index (κ3) is 0.984. The van der Waals surface area contributed by atoms with Crippen LogP contribution < -0.4 is 10.9 Å². The van der Waals surface area contributed by atoms with Gasteiger partial charge in [-0.25, -0.2) is 0 Å². The second-order valence-electron chi connectivity index (χ2n) is 4.39. The number of hydrogen-bond donors (Lipinski definition) is 2. The van der Waals surface area contributed by atoms with E-state index >= 15 is 0 Å². The van der Waals surface area contributed by atoms with E-state index in [9.17, 15) is 4.79 Å². The van der Waals surface area contributed by atoms with Gasteiger partial charge in [0.2, 0.25) is 0 Å². The van der Waals surface area contributed by atoms with Gasteiger partial charge < -0.3 is 5.43 Å². The van der Waals surface area contributed by atoms with E-state index in [2.05, 4.69) is 10.9 Å². The van der Waals surface area contributed by atoms with E-state index in [-0.39, 0.29) is 11.7 Å². The van der Waals surface area contributed by atoms with E-state index in [0.717, 1.165) is 28.1 Å². The first kappa shape index (κ1) is 8.82. The van der Waals surface area contributed by atoms with Crippen molar-refractivity contribution < 1.29 is 4.79 Å². The lowest BCUT2D eigenvalue weighted by Crippen LogP contribution is -2.24. The van der Waals surface area contributed by atoms with E-state index in [1.165, 1.54) is 0 Å². The van der Waals surface area contributed by atoms with Gasteiger partial charge in [-0.2, -0.15) is 0 Å². The first-order valence-corrected chi connectivity index (χ1v) is 5.65. The fraction of sp³-hybridized carbons (Fsp3) is 0.0714. The molecule has 3 aliphatic rings. The molecule has 1 atom stereocenters. The van der Waals surface area contributed by atoms with Crippen LogP contribution in [0, 0.1) is 5.92 Å². The Labute approximate surface area is 98.5 Å². The maximum absolute atomic E-state index is 12.4. The number of Topliss-reactive ketones (excluding diaryl/α,β-unsaturated/α-hetero) is 1. The standard InChI is InChI=1S/C14H10N2O/c17-14-9-5-2-1-4-8(9)13-12-10(14)6-3-7-11(12)15-16-13/h1-7,10,15-16H. The van der Waals surface area contributed by atoms with Crippen LogP contribution in [0.15, 0.2) is 53.8 Å². The van der Waals surface area contributed by atoms with Crippen LogP contribution in [0.2, 0.25) is 0 Å². The maximum Gasteiger partial charge on any atom is 0.174 e. The van der Waals surface area contributed by atoms with Gasteiger partial charge in [0.15, 0.2) is 5.78 Å². The number of hydrogen-bond acceptors (Lipinski definition) is 3. The molecule has 2 N–H and O–H groups in total. The number of nitrogens with one attached hydrogen (secondary N) is 2. The highest BCUT2D eigenvalue weighted by Crippen LogP contribution is 2.40. The van der Waals surface area contributed by atoms with Crippen molar-refractivity contribution in [1.29, 1.82) is 0 Å². The Morgan fingerprint density at radius 1 is 1.06 bits per heavy atom. The number of fused-ring (bicyclic) bond motifs is 2. The van der Waals surface area contributed by atoms with Crippen LogP contribution >= 0.6 is 0 Å². The SMILES string of the molecule is O=C1c2ccccc2C2=C3C(=CC=CC13)NN2. The average Bonchev–Trinajstić information content (AvgIpc) is 2.81. The van der Waals surface area contributed by atoms with Gasteiger partial charge in [0.05, 0.1) is 17.3 Å². The van der Waals surface area contributed by atoms with Gasteiger partial charge in [0.1, 0.15) is 0 Å². The minimum atomic E-state index is -0.137. The van der Waals surface area contributed by atoms with E-state index < -0.39 is 0 Å². The van der Waals surface area contributed by atoms with E-state index in [0.29, 0.717) is 0 Å². The van der Waals surface area contributed by atoms with Crippen molar-refractivity contribution >= 4 is 11.5 Å². The quantitative estimate of drug-likeness (QED) is 0.703. The summed E-state index contributed by atoms with van der Waals surface area (Å²) < 4.78 is 0. The first-order valence-electron chi connectivity index (χ1n) is 5.65. The van der Waals surface area contributed by atoms with Crippen molar-refractivity contribution in [3.05, 3.63) is 64.9 Å². The Kier molecular flexibility index (Phi) is 1.50. The van der Waals surface area contributed by atoms with E-state index in [4.69, 9.17) is 0 Å². The molecule has 0 saturated heterocycles. The van der Waals surface area contributed by atoms with Crippen LogP contribution in [0.5, 0.6) is 0 Å². The number of carbonyl (C=O) groups is 1. The van der Waals surface area contributed by atoms with E-state index in [1.54, 1.807) is 0 Å². The average molecular weight is 222 g/mol. The summed E-state index contributed by atoms with van der Waals surface area (Å²) in [6.45, 7) is 0. The van der Waals surface area contributed by atoms with Crippen LogP contribution in [-0.2, 0) is 0 Å². The lowest BCUT2D eigenvalue weighted by atomic mass is 9.78. The largest absolute Gasteiger partial charge is 0.300 e. The van der Waals surface area contributed by atoms with Crippen molar-refractivity contribution in [2.45, 2.75) is 0 Å². The van der Waals surface area contributed by atoms with Gasteiger partial charge in [0.25, 0.3) is 0 Å². The summed E-state index contributed by atoms with van der Waals surface area (Å²) in [4.78, 5) is 12.4. The fourth-order valence-electron chi connectivity index (χ4n) is 2.73. The Hall–Kier alpha value is -2.29. The molecule has 0 fully saturated rings. The van der Waals surface area contributed by atoms with Gasteiger partial charge in [-0.05, 0) is 6.08 Å². The summed E-state index contributed by atoms with van der Waals surface area (Å²) in [6, 6.07) is 7.75. The molecule has 3 nitrogen and oxygen atoms in total. The molecule has 1 aromatic rings. The Morgan fingerprint density at radius 2 is 1.88 bits per heavy atom. The number of rotatable bonds is 0. The smallest absolute Gasteiger partial charge is 0.174 e. The minimum absolute atomic E-state index is 0.137. The minimum Gasteiger partial charge on any atom is -0.300 e. The molecule has 3 heteroatoms. The van der Waals surface area contributed by atoms with Gasteiger partial charge in [-0.3, -0.25) is 10.2 Å². The summed E-state index contributed by atoms with van der Waals surface area (Å²) in [5.41, 5.74) is 11.2. The van der Waals surface area contributed by atoms with Gasteiger partial charge in [-0.15, -0.1) is 0 Å². The van der Waals surface area contributed by atoms with E-state index in [1.807, 2.05) is 42.5 Å². The molecule has 4 rings (SSSR count). The predicted molar refractivity (Wildman–Crippen MR) is 64.7 cm³/mol. The molecule has 1 unspecified atom stereocenters. The van der Waals surface area contributed by atoms with Crippen LogP contribution in [0.3, 0.4) is 0 Å². The van der Waals surface area contributed by atoms with Crippen LogP contribution in [0.1, 0.15) is 15.9 Å². The normalized spacial score (nSPS) is 23.6. The number of benzene rings is 1. The highest BCUT2D eigenvalue weighted by atomic mass is 16.1. The maximum atomic E-state index is 12.4. The summed E-state index contributed by atoms with van der Waals surface area (Å²) in [6.07, 6.45) is 5.89. The summed E-state index contributed by atoms with van der Waals surface area (Å²) in [5.74, 6) is 0.0501. The third-order valence-electron chi connectivity index (χ3n) is 3.50. The van der Waals surface area contributed by atoms with Crippen molar-refractivity contribution in [2.75, 3.05) is 0 Å². The van der Waals surface area contributed by atoms with Crippen molar-refractivity contribution in [3.8, 4) is 0 Å². The Bertz CT molecular complexity index is 637. The second-order valence-corrected chi connectivity index (χ2v) is 4.39. The van der Waals surface area contributed by atoms with Gasteiger partial charge in [-0.1, -0.05) is 36.4 Å². The monoisotopic (exact) mass is 222 g/mol. The summed E-state index contributed by atoms with van der Waals surface area (Å²) in [5, 5.41) is 0. The second kappa shape index (κ2) is 2.88. The van der Waals surface area contributed by atoms with Crippen molar-refractivity contribution in [2.24, 2.45) is 5.92 Å². The van der Waals surface area contributed by atoms with Gasteiger partial charge in [0, 0.05) is 16.7 Å². The van der Waals surface area contributed by atoms with Crippen LogP contribution in [0.4, 0.5) is 0 Å². The molecule has 0 aromatic heterocycles. The summed E-state index contributed by atoms with van der Waals surface area (Å²) >= 11 is 0. The lowest BCUT2D eigenvalue weighted by Gasteiger charge is -2.24. The number of ketones is 1. The lowest BCUT2D eigenvalue weighted by molar-refractivity contribution is 0.0959. The molecule has 82 valence electrons. The summed E-state index contributed by atoms with van der Waals surface area (Å²) in [7, 11) is 0. The molecule has 2 aliphatic carbocycles. The molecule has 0 spiro atoms. The van der Waals surface area contributed by atoms with Crippen LogP contribution in [-0.4, -0.2) is 5.78 Å². The highest BCUT2D eigenvalue weighted by molar-refractivity contribution is 6.10. The predicted octanol–water partition coefficient (Wildman–Crippen LogP) is 1.77. The molecule has 0 saturated carbocycles. The molecule has 1 aromatic carbocycles. The molecule has 0 bridgehead atoms. The molecular formula is C14H10N2O. The highest BCUT2D eigenvalue weighted by Gasteiger charge is 2.38. The number of allylic oxidation sites excluding steroid dienone is 4. The number of hydrazine groups is 1. The molecule has 1 aliphatic heterocycles. The van der Waals surface area contributed by atoms with Gasteiger partial charge >= 0.3 is 0 Å². The number of carbonyl (C=O) groups excluding carboxylic acids is 1. The zero-order valence-corrected chi connectivity index (χ0v) is 9.03.